The number of fused-ring (bicyclic) bond motifs is 2. The number of hydrogen-bond acceptors (Lipinski definition) is 7. The van der Waals surface area contributed by atoms with Gasteiger partial charge in [-0.1, -0.05) is 30.3 Å². The molecule has 0 aliphatic carbocycles. The van der Waals surface area contributed by atoms with Crippen LogP contribution in [0.25, 0.3) is 44.4 Å². The number of esters is 1. The van der Waals surface area contributed by atoms with Crippen LogP contribution in [-0.4, -0.2) is 68.2 Å². The van der Waals surface area contributed by atoms with E-state index in [2.05, 4.69) is 69.2 Å². The van der Waals surface area contributed by atoms with Gasteiger partial charge in [0.1, 0.15) is 0 Å². The van der Waals surface area contributed by atoms with Gasteiger partial charge in [-0.2, -0.15) is 10.1 Å². The molecule has 0 amide bonds. The number of aromatic amines is 2. The van der Waals surface area contributed by atoms with Crippen LogP contribution in [0.5, 0.6) is 5.88 Å². The van der Waals surface area contributed by atoms with Crippen molar-refractivity contribution >= 4 is 27.8 Å². The summed E-state index contributed by atoms with van der Waals surface area (Å²) in [4.78, 5) is 25.9. The summed E-state index contributed by atoms with van der Waals surface area (Å²) in [5, 5.41) is 9.41. The molecule has 0 saturated carbocycles. The lowest BCUT2D eigenvalue weighted by molar-refractivity contribution is 0.0714. The molecule has 0 bridgehead atoms. The van der Waals surface area contributed by atoms with Crippen molar-refractivity contribution in [3.63, 3.8) is 0 Å². The number of oxazole rings is 1. The molecule has 1 aliphatic heterocycles. The third-order valence-corrected chi connectivity index (χ3v) is 8.06. The van der Waals surface area contributed by atoms with Crippen LogP contribution in [0.15, 0.2) is 83.5 Å². The first-order valence-electron chi connectivity index (χ1n) is 14.3. The molecule has 42 heavy (non-hydrogen) atoms. The van der Waals surface area contributed by atoms with E-state index in [0.717, 1.165) is 64.7 Å². The molecule has 3 aromatic heterocycles. The zero-order valence-electron chi connectivity index (χ0n) is 23.6. The van der Waals surface area contributed by atoms with E-state index < -0.39 is 5.97 Å². The van der Waals surface area contributed by atoms with Crippen molar-refractivity contribution in [2.45, 2.75) is 26.4 Å². The van der Waals surface area contributed by atoms with Crippen molar-refractivity contribution in [3.8, 4) is 28.5 Å². The molecule has 9 heteroatoms. The Morgan fingerprint density at radius 1 is 0.952 bits per heavy atom. The summed E-state index contributed by atoms with van der Waals surface area (Å²) in [6, 6.07) is 21.9. The van der Waals surface area contributed by atoms with E-state index in [0.29, 0.717) is 29.8 Å². The molecule has 6 aromatic rings. The molecule has 0 atom stereocenters. The zero-order valence-corrected chi connectivity index (χ0v) is 23.6. The highest BCUT2D eigenvalue weighted by Gasteiger charge is 2.26. The van der Waals surface area contributed by atoms with Crippen LogP contribution in [0.2, 0.25) is 0 Å². The quantitative estimate of drug-likeness (QED) is 0.227. The topological polar surface area (TPSA) is 103 Å². The minimum atomic E-state index is -0.470. The summed E-state index contributed by atoms with van der Waals surface area (Å²) in [7, 11) is 0. The van der Waals surface area contributed by atoms with Crippen molar-refractivity contribution < 1.29 is 13.9 Å². The van der Waals surface area contributed by atoms with Crippen molar-refractivity contribution in [2.24, 2.45) is 0 Å². The van der Waals surface area contributed by atoms with E-state index in [1.54, 1.807) is 18.3 Å². The van der Waals surface area contributed by atoms with Gasteiger partial charge in [0.15, 0.2) is 5.76 Å². The van der Waals surface area contributed by atoms with E-state index in [4.69, 9.17) is 14.1 Å². The molecule has 212 valence electrons. The Morgan fingerprint density at radius 2 is 1.79 bits per heavy atom. The SMILES string of the molecule is CC(C)N1CCN(Cc2oc(-c3cc(-c4cccc5[nH]ccc45)cc4[nH]ncc34)nc2OC(=O)c2ccccc2)CC1. The van der Waals surface area contributed by atoms with E-state index in [1.165, 1.54) is 0 Å². The fourth-order valence-electron chi connectivity index (χ4n) is 5.72. The Morgan fingerprint density at radius 3 is 2.60 bits per heavy atom. The fourth-order valence-corrected chi connectivity index (χ4v) is 5.72. The molecule has 9 nitrogen and oxygen atoms in total. The van der Waals surface area contributed by atoms with Gasteiger partial charge >= 0.3 is 5.97 Å². The fraction of sp³-hybridized carbons (Fsp3) is 0.242. The monoisotopic (exact) mass is 560 g/mol. The second kappa shape index (κ2) is 10.9. The lowest BCUT2D eigenvalue weighted by Gasteiger charge is -2.36. The standard InChI is InChI=1S/C33H32N6O3/c1-21(2)39-15-13-38(14-16-39)20-30-32(42-33(40)22-7-4-3-5-8-22)36-31(41-30)26-17-23(18-29-27(26)19-35-37-29)24-9-6-10-28-25(24)11-12-34-28/h3-12,17-19,21,34H,13-16,20H2,1-2H3,(H,35,37). The minimum absolute atomic E-state index is 0.194. The number of piperazine rings is 1. The Labute approximate surface area is 243 Å². The molecule has 4 heterocycles. The molecular formula is C33H32N6O3. The first-order chi connectivity index (χ1) is 20.5. The summed E-state index contributed by atoms with van der Waals surface area (Å²) >= 11 is 0. The molecular weight excluding hydrogens is 528 g/mol. The maximum absolute atomic E-state index is 13.1. The van der Waals surface area contributed by atoms with Crippen LogP contribution in [0.1, 0.15) is 30.0 Å². The highest BCUT2D eigenvalue weighted by atomic mass is 16.6. The van der Waals surface area contributed by atoms with Crippen molar-refractivity contribution in [3.05, 3.63) is 90.4 Å². The molecule has 1 fully saturated rings. The van der Waals surface area contributed by atoms with Crippen LogP contribution < -0.4 is 4.74 Å². The van der Waals surface area contributed by atoms with Gasteiger partial charge in [-0.05, 0) is 61.4 Å². The normalized spacial score (nSPS) is 14.7. The molecule has 3 aromatic carbocycles. The Kier molecular flexibility index (Phi) is 6.81. The number of carbonyl (C=O) groups is 1. The summed E-state index contributed by atoms with van der Waals surface area (Å²) in [6.07, 6.45) is 3.72. The number of carbonyl (C=O) groups excluding carboxylic acids is 1. The molecule has 0 radical (unpaired) electrons. The maximum Gasteiger partial charge on any atom is 0.344 e. The van der Waals surface area contributed by atoms with Crippen molar-refractivity contribution in [1.82, 2.24) is 30.0 Å². The average molecular weight is 561 g/mol. The smallest absolute Gasteiger partial charge is 0.344 e. The van der Waals surface area contributed by atoms with E-state index in [9.17, 15) is 4.79 Å². The number of nitrogens with zero attached hydrogens (tertiary/aromatic N) is 4. The van der Waals surface area contributed by atoms with Crippen LogP contribution in [-0.2, 0) is 6.54 Å². The zero-order chi connectivity index (χ0) is 28.6. The molecule has 1 aliphatic rings. The summed E-state index contributed by atoms with van der Waals surface area (Å²) in [6.45, 7) is 8.67. The first kappa shape index (κ1) is 26.2. The summed E-state index contributed by atoms with van der Waals surface area (Å²) in [5.74, 6) is 0.640. The number of aromatic nitrogens is 4. The van der Waals surface area contributed by atoms with Gasteiger partial charge in [0.2, 0.25) is 5.89 Å². The van der Waals surface area contributed by atoms with Crippen LogP contribution in [0.3, 0.4) is 0 Å². The van der Waals surface area contributed by atoms with Crippen LogP contribution in [0.4, 0.5) is 0 Å². The lowest BCUT2D eigenvalue weighted by atomic mass is 9.97. The number of nitrogens with one attached hydrogen (secondary N) is 2. The van der Waals surface area contributed by atoms with Crippen molar-refractivity contribution in [2.75, 3.05) is 26.2 Å². The van der Waals surface area contributed by atoms with Crippen LogP contribution >= 0.6 is 0 Å². The van der Waals surface area contributed by atoms with Gasteiger partial charge in [-0.3, -0.25) is 14.9 Å². The number of hydrogen-bond donors (Lipinski definition) is 2. The third-order valence-electron chi connectivity index (χ3n) is 8.06. The summed E-state index contributed by atoms with van der Waals surface area (Å²) in [5.41, 5.74) is 5.23. The van der Waals surface area contributed by atoms with Gasteiger partial charge in [-0.15, -0.1) is 0 Å². The van der Waals surface area contributed by atoms with Gasteiger partial charge in [-0.25, -0.2) is 4.79 Å². The van der Waals surface area contributed by atoms with Gasteiger partial charge in [0.25, 0.3) is 5.88 Å². The molecule has 2 N–H and O–H groups in total. The van der Waals surface area contributed by atoms with Crippen molar-refractivity contribution in [1.29, 1.82) is 0 Å². The molecule has 0 spiro atoms. The van der Waals surface area contributed by atoms with E-state index >= 15 is 0 Å². The average Bonchev–Trinajstić information content (AvgIpc) is 3.77. The van der Waals surface area contributed by atoms with Crippen LogP contribution in [0, 0.1) is 0 Å². The van der Waals surface area contributed by atoms with Gasteiger partial charge in [0, 0.05) is 60.3 Å². The molecule has 7 rings (SSSR count). The second-order valence-electron chi connectivity index (χ2n) is 11.0. The highest BCUT2D eigenvalue weighted by Crippen LogP contribution is 2.38. The third kappa shape index (κ3) is 4.97. The van der Waals surface area contributed by atoms with Gasteiger partial charge in [0.05, 0.1) is 23.8 Å². The Hall–Kier alpha value is -4.73. The van der Waals surface area contributed by atoms with Gasteiger partial charge < -0.3 is 14.1 Å². The lowest BCUT2D eigenvalue weighted by Crippen LogP contribution is -2.48. The highest BCUT2D eigenvalue weighted by molar-refractivity contribution is 6.01. The summed E-state index contributed by atoms with van der Waals surface area (Å²) < 4.78 is 12.3. The number of benzene rings is 3. The largest absolute Gasteiger partial charge is 0.436 e. The number of H-pyrrole nitrogens is 2. The number of ether oxygens (including phenoxy) is 1. The minimum Gasteiger partial charge on any atom is -0.436 e. The first-order valence-corrected chi connectivity index (χ1v) is 14.3. The second-order valence-corrected chi connectivity index (χ2v) is 11.0. The molecule has 1 saturated heterocycles. The van der Waals surface area contributed by atoms with E-state index in [1.807, 2.05) is 30.5 Å². The maximum atomic E-state index is 13.1. The Bertz CT molecular complexity index is 1860. The predicted octanol–water partition coefficient (Wildman–Crippen LogP) is 6.11. The predicted molar refractivity (Wildman–Crippen MR) is 162 cm³/mol. The van der Waals surface area contributed by atoms with E-state index in [-0.39, 0.29) is 5.88 Å². The molecule has 0 unspecified atom stereocenters. The Balaban J connectivity index is 1.28. The number of rotatable bonds is 7.